The monoisotopic (exact) mass is 380 g/mol. The van der Waals surface area contributed by atoms with Crippen LogP contribution in [-0.2, 0) is 4.74 Å². The van der Waals surface area contributed by atoms with E-state index in [0.717, 1.165) is 0 Å². The summed E-state index contributed by atoms with van der Waals surface area (Å²) in [7, 11) is 0. The quantitative estimate of drug-likeness (QED) is 0.256. The number of allylic oxidation sites excluding steroid dienone is 2. The zero-order valence-corrected chi connectivity index (χ0v) is 16.0. The van der Waals surface area contributed by atoms with Gasteiger partial charge in [0.05, 0.1) is 11.1 Å². The van der Waals surface area contributed by atoms with E-state index >= 15 is 0 Å². The van der Waals surface area contributed by atoms with Gasteiger partial charge in [0, 0.05) is 11.4 Å². The molecule has 2 rings (SSSR count). The van der Waals surface area contributed by atoms with E-state index < -0.39 is 11.9 Å². The molecule has 2 aromatic rings. The Morgan fingerprint density at radius 2 is 1.36 bits per heavy atom. The number of ether oxygens (including phenoxy) is 2. The Labute approximate surface area is 164 Å². The lowest BCUT2D eigenvalue weighted by atomic mass is 10.2. The van der Waals surface area contributed by atoms with Gasteiger partial charge in [-0.3, -0.25) is 0 Å². The van der Waals surface area contributed by atoms with Crippen LogP contribution in [0.3, 0.4) is 0 Å². The van der Waals surface area contributed by atoms with E-state index in [2.05, 4.69) is 13.2 Å². The fourth-order valence-electron chi connectivity index (χ4n) is 1.86. The van der Waals surface area contributed by atoms with Crippen LogP contribution < -0.4 is 16.2 Å². The summed E-state index contributed by atoms with van der Waals surface area (Å²) >= 11 is 0. The number of esters is 2. The molecule has 0 saturated carbocycles. The maximum absolute atomic E-state index is 12.0. The van der Waals surface area contributed by atoms with E-state index in [1.165, 1.54) is 36.4 Å². The van der Waals surface area contributed by atoms with Crippen LogP contribution in [0.1, 0.15) is 34.6 Å². The maximum Gasteiger partial charge on any atom is 0.343 e. The molecule has 0 aliphatic heterocycles. The third-order valence-corrected chi connectivity index (χ3v) is 3.15. The highest BCUT2D eigenvalue weighted by atomic mass is 16.5. The summed E-state index contributed by atoms with van der Waals surface area (Å²) in [5.74, 6) is -0.707. The summed E-state index contributed by atoms with van der Waals surface area (Å²) in [6.45, 7) is 11.1. The lowest BCUT2D eigenvalue weighted by Crippen LogP contribution is -2.09. The van der Waals surface area contributed by atoms with Gasteiger partial charge < -0.3 is 20.9 Å². The molecule has 0 aliphatic carbocycles. The van der Waals surface area contributed by atoms with Crippen molar-refractivity contribution in [2.45, 2.75) is 13.8 Å². The van der Waals surface area contributed by atoms with Gasteiger partial charge in [-0.05, 0) is 60.7 Å². The van der Waals surface area contributed by atoms with Crippen LogP contribution in [0.4, 0.5) is 5.69 Å². The average molecular weight is 380 g/mol. The highest BCUT2D eigenvalue weighted by molar-refractivity contribution is 5.92. The minimum absolute atomic E-state index is 0.125. The minimum atomic E-state index is -0.598. The van der Waals surface area contributed by atoms with Gasteiger partial charge in [0.15, 0.2) is 0 Å². The molecule has 0 aliphatic rings. The molecule has 0 fully saturated rings. The largest absolute Gasteiger partial charge is 0.424 e. The summed E-state index contributed by atoms with van der Waals surface area (Å²) in [5.41, 5.74) is 12.5. The van der Waals surface area contributed by atoms with Crippen molar-refractivity contribution in [3.05, 3.63) is 96.4 Å². The second-order valence-electron chi connectivity index (χ2n) is 5.30. The molecule has 4 N–H and O–H groups in total. The second-order valence-corrected chi connectivity index (χ2v) is 5.30. The van der Waals surface area contributed by atoms with Crippen LogP contribution in [0.5, 0.6) is 5.75 Å². The smallest absolute Gasteiger partial charge is 0.343 e. The molecular weight excluding hydrogens is 356 g/mol. The van der Waals surface area contributed by atoms with Gasteiger partial charge in [0.25, 0.3) is 0 Å². The molecule has 0 bridgehead atoms. The van der Waals surface area contributed by atoms with E-state index in [4.69, 9.17) is 20.9 Å². The Kier molecular flexibility index (Phi) is 8.76. The molecule has 0 unspecified atom stereocenters. The van der Waals surface area contributed by atoms with Gasteiger partial charge in [0.2, 0.25) is 0 Å². The van der Waals surface area contributed by atoms with Gasteiger partial charge in [0.1, 0.15) is 11.5 Å². The topological polar surface area (TPSA) is 105 Å². The second kappa shape index (κ2) is 11.0. The third kappa shape index (κ3) is 7.21. The zero-order chi connectivity index (χ0) is 21.1. The molecule has 0 amide bonds. The van der Waals surface area contributed by atoms with E-state index in [9.17, 15) is 9.59 Å². The number of anilines is 1. The first-order chi connectivity index (χ1) is 13.3. The van der Waals surface area contributed by atoms with Crippen molar-refractivity contribution in [2.24, 2.45) is 5.73 Å². The van der Waals surface area contributed by atoms with Crippen molar-refractivity contribution in [1.82, 2.24) is 0 Å². The molecule has 0 saturated heterocycles. The first-order valence-corrected chi connectivity index (χ1v) is 8.56. The van der Waals surface area contributed by atoms with Crippen molar-refractivity contribution < 1.29 is 19.1 Å². The standard InChI is InChI=1S/C20H18N2O4.C2H6/c1-13(21)3-4-14(2)25-19(23)16-7-11-18(12-8-16)26-20(24)15-5-9-17(22)10-6-15;1-2/h3-12H,1-2,21-22H2;1-2H3/b4-3-;. The fourth-order valence-corrected chi connectivity index (χ4v) is 1.86. The number of hydrogen-bond donors (Lipinski definition) is 2. The van der Waals surface area contributed by atoms with Crippen molar-refractivity contribution in [2.75, 3.05) is 5.73 Å². The van der Waals surface area contributed by atoms with Gasteiger partial charge in [-0.2, -0.15) is 0 Å². The Morgan fingerprint density at radius 1 is 0.857 bits per heavy atom. The average Bonchev–Trinajstić information content (AvgIpc) is 2.69. The number of nitrogens with two attached hydrogens (primary N) is 2. The predicted molar refractivity (Wildman–Crippen MR) is 111 cm³/mol. The maximum atomic E-state index is 12.0. The highest BCUT2D eigenvalue weighted by Crippen LogP contribution is 2.16. The summed E-state index contributed by atoms with van der Waals surface area (Å²) in [6, 6.07) is 12.3. The molecule has 0 atom stereocenters. The van der Waals surface area contributed by atoms with Gasteiger partial charge >= 0.3 is 11.9 Å². The van der Waals surface area contributed by atoms with Crippen LogP contribution in [0, 0.1) is 0 Å². The number of hydrogen-bond acceptors (Lipinski definition) is 6. The van der Waals surface area contributed by atoms with Crippen molar-refractivity contribution in [3.8, 4) is 5.75 Å². The van der Waals surface area contributed by atoms with Crippen LogP contribution in [-0.4, -0.2) is 11.9 Å². The lowest BCUT2D eigenvalue weighted by Gasteiger charge is -2.06. The van der Waals surface area contributed by atoms with Crippen LogP contribution >= 0.6 is 0 Å². The molecule has 28 heavy (non-hydrogen) atoms. The van der Waals surface area contributed by atoms with E-state index in [1.807, 2.05) is 13.8 Å². The summed E-state index contributed by atoms with van der Waals surface area (Å²) in [5, 5.41) is 0. The fraction of sp³-hybridized carbons (Fsp3) is 0.0909. The van der Waals surface area contributed by atoms with Crippen molar-refractivity contribution >= 4 is 17.6 Å². The Bertz CT molecular complexity index is 866. The molecule has 0 heterocycles. The zero-order valence-electron chi connectivity index (χ0n) is 16.0. The third-order valence-electron chi connectivity index (χ3n) is 3.15. The number of nitrogen functional groups attached to an aromatic ring is 1. The molecule has 0 radical (unpaired) electrons. The van der Waals surface area contributed by atoms with Crippen LogP contribution in [0.25, 0.3) is 0 Å². The molecule has 0 spiro atoms. The van der Waals surface area contributed by atoms with Gasteiger partial charge in [-0.25, -0.2) is 9.59 Å². The predicted octanol–water partition coefficient (Wildman–Crippen LogP) is 4.21. The Morgan fingerprint density at radius 3 is 1.89 bits per heavy atom. The molecule has 0 aromatic heterocycles. The highest BCUT2D eigenvalue weighted by Gasteiger charge is 2.11. The Balaban J connectivity index is 0.00000190. The number of carbonyl (C=O) groups excluding carboxylic acids is 2. The number of rotatable bonds is 6. The molecule has 2 aromatic carbocycles. The SMILES string of the molecule is C=C(N)/C=C\C(=C)OC(=O)c1ccc(OC(=O)c2ccc(N)cc2)cc1.CC. The summed E-state index contributed by atoms with van der Waals surface area (Å²) in [6.07, 6.45) is 2.90. The van der Waals surface area contributed by atoms with Crippen molar-refractivity contribution in [1.29, 1.82) is 0 Å². The van der Waals surface area contributed by atoms with Crippen LogP contribution in [0.15, 0.2) is 85.3 Å². The first-order valence-electron chi connectivity index (χ1n) is 8.56. The molecule has 6 heteroatoms. The Hall–Kier alpha value is -3.80. The van der Waals surface area contributed by atoms with E-state index in [0.29, 0.717) is 22.7 Å². The van der Waals surface area contributed by atoms with Gasteiger partial charge in [-0.15, -0.1) is 0 Å². The lowest BCUT2D eigenvalue weighted by molar-refractivity contribution is 0.0638. The van der Waals surface area contributed by atoms with E-state index in [1.54, 1.807) is 24.3 Å². The first kappa shape index (κ1) is 22.2. The van der Waals surface area contributed by atoms with Crippen molar-refractivity contribution in [3.63, 3.8) is 0 Å². The van der Waals surface area contributed by atoms with Crippen LogP contribution in [0.2, 0.25) is 0 Å². The molecule has 6 nitrogen and oxygen atoms in total. The normalized spacial score (nSPS) is 9.79. The molecule has 146 valence electrons. The number of benzene rings is 2. The minimum Gasteiger partial charge on any atom is -0.424 e. The van der Waals surface area contributed by atoms with Gasteiger partial charge in [-0.1, -0.05) is 27.0 Å². The number of carbonyl (C=O) groups is 2. The van der Waals surface area contributed by atoms with E-state index in [-0.39, 0.29) is 11.3 Å². The molecular formula is C22H24N2O4. The summed E-state index contributed by atoms with van der Waals surface area (Å²) < 4.78 is 10.3. The summed E-state index contributed by atoms with van der Waals surface area (Å²) in [4.78, 5) is 24.0.